The van der Waals surface area contributed by atoms with Gasteiger partial charge in [-0.3, -0.25) is 10.2 Å². The zero-order chi connectivity index (χ0) is 28.9. The van der Waals surface area contributed by atoms with Crippen LogP contribution in [0, 0.1) is 0 Å². The number of ether oxygens (including phenoxy) is 2. The highest BCUT2D eigenvalue weighted by Gasteiger charge is 2.52. The van der Waals surface area contributed by atoms with Crippen LogP contribution in [0.3, 0.4) is 0 Å². The first-order valence-electron chi connectivity index (χ1n) is 14.1. The van der Waals surface area contributed by atoms with E-state index in [4.69, 9.17) is 19.6 Å². The molecule has 0 fully saturated rings. The van der Waals surface area contributed by atoms with Crippen molar-refractivity contribution in [1.29, 1.82) is 0 Å². The van der Waals surface area contributed by atoms with Gasteiger partial charge < -0.3 is 19.5 Å². The third kappa shape index (κ3) is 8.27. The first-order valence-corrected chi connectivity index (χ1v) is 14.1. The predicted molar refractivity (Wildman–Crippen MR) is 163 cm³/mol. The minimum atomic E-state index is -1.24. The number of amides is 1. The third-order valence-corrected chi connectivity index (χ3v) is 6.78. The van der Waals surface area contributed by atoms with E-state index in [9.17, 15) is 4.79 Å². The van der Waals surface area contributed by atoms with Crippen molar-refractivity contribution in [3.05, 3.63) is 108 Å². The summed E-state index contributed by atoms with van der Waals surface area (Å²) in [5.74, 6) is 0.835. The molecule has 1 heterocycles. The Labute approximate surface area is 242 Å². The molecular formula is C33H40N4O4. The van der Waals surface area contributed by atoms with Crippen molar-refractivity contribution in [3.63, 3.8) is 0 Å². The molecule has 41 heavy (non-hydrogen) atoms. The van der Waals surface area contributed by atoms with E-state index < -0.39 is 11.6 Å². The fourth-order valence-electron chi connectivity index (χ4n) is 4.62. The Bertz CT molecular complexity index is 1280. The highest BCUT2D eigenvalue weighted by Crippen LogP contribution is 2.42. The fraction of sp³-hybridized carbons (Fsp3) is 0.333. The van der Waals surface area contributed by atoms with Crippen molar-refractivity contribution in [1.82, 2.24) is 15.8 Å². The van der Waals surface area contributed by atoms with E-state index in [2.05, 4.69) is 15.8 Å². The van der Waals surface area contributed by atoms with Gasteiger partial charge in [0.25, 0.3) is 5.91 Å². The van der Waals surface area contributed by atoms with Crippen molar-refractivity contribution in [2.45, 2.75) is 30.9 Å². The van der Waals surface area contributed by atoms with Gasteiger partial charge in [0.05, 0.1) is 6.61 Å². The fourth-order valence-corrected chi connectivity index (χ4v) is 4.62. The molecule has 0 aromatic heterocycles. The van der Waals surface area contributed by atoms with E-state index in [1.54, 1.807) is 0 Å². The van der Waals surface area contributed by atoms with Gasteiger partial charge in [-0.2, -0.15) is 0 Å². The molecule has 0 saturated heterocycles. The van der Waals surface area contributed by atoms with Crippen LogP contribution in [-0.4, -0.2) is 67.7 Å². The molecule has 8 nitrogen and oxygen atoms in total. The predicted octanol–water partition coefficient (Wildman–Crippen LogP) is 4.38. The van der Waals surface area contributed by atoms with Crippen molar-refractivity contribution in [2.24, 2.45) is 4.99 Å². The van der Waals surface area contributed by atoms with E-state index in [0.717, 1.165) is 29.7 Å². The number of hydrogen-bond acceptors (Lipinski definition) is 7. The Morgan fingerprint density at radius 2 is 1.73 bits per heavy atom. The summed E-state index contributed by atoms with van der Waals surface area (Å²) in [6, 6.07) is 27.2. The molecule has 1 aliphatic heterocycles. The highest BCUT2D eigenvalue weighted by molar-refractivity contribution is 6.01. The van der Waals surface area contributed by atoms with Crippen molar-refractivity contribution < 1.29 is 19.4 Å². The second-order valence-electron chi connectivity index (χ2n) is 10.3. The topological polar surface area (TPSA) is 95.4 Å². The average molecular weight is 557 g/mol. The van der Waals surface area contributed by atoms with Gasteiger partial charge in [0.1, 0.15) is 5.75 Å². The largest absolute Gasteiger partial charge is 0.494 e. The maximum absolute atomic E-state index is 14.0. The number of benzene rings is 3. The van der Waals surface area contributed by atoms with E-state index in [1.165, 1.54) is 0 Å². The minimum Gasteiger partial charge on any atom is -0.494 e. The van der Waals surface area contributed by atoms with Crippen LogP contribution in [-0.2, 0) is 9.53 Å². The van der Waals surface area contributed by atoms with Gasteiger partial charge in [0.2, 0.25) is 5.90 Å². The van der Waals surface area contributed by atoms with Gasteiger partial charge in [-0.25, -0.2) is 10.4 Å². The summed E-state index contributed by atoms with van der Waals surface area (Å²) in [7, 11) is 4.05. The SMILES string of the molecule is CN(C)CCCNNC(=O)[C@@]1(C/C=C/c2ccccc2)N=C(c2ccc(OCCCO)cc2)O[C@H]1c1ccccc1. The molecule has 0 spiro atoms. The number of nitrogens with one attached hydrogen (secondary N) is 2. The standard InChI is InChI=1S/C33H40N4O4/c1-37(2)23-10-22-34-36-32(39)33(21-9-14-26-12-5-3-6-13-26)30(27-15-7-4-8-16-27)41-31(35-33)28-17-19-29(20-18-28)40-25-11-24-38/h3-9,12-20,30,34,38H,10-11,21-25H2,1-2H3,(H,36,39)/b14-9+/t30-,33-/m0/s1. The smallest absolute Gasteiger partial charge is 0.266 e. The number of rotatable bonds is 15. The van der Waals surface area contributed by atoms with Crippen molar-refractivity contribution in [3.8, 4) is 5.75 Å². The molecule has 0 saturated carbocycles. The Hall–Kier alpha value is -3.98. The van der Waals surface area contributed by atoms with Crippen LogP contribution in [0.25, 0.3) is 6.08 Å². The normalized spacial score (nSPS) is 18.3. The van der Waals surface area contributed by atoms with E-state index >= 15 is 0 Å². The van der Waals surface area contributed by atoms with E-state index in [-0.39, 0.29) is 12.5 Å². The minimum absolute atomic E-state index is 0.0803. The molecule has 0 bridgehead atoms. The number of carbonyl (C=O) groups is 1. The number of carbonyl (C=O) groups excluding carboxylic acids is 1. The van der Waals surface area contributed by atoms with Crippen LogP contribution in [0.15, 0.2) is 96.0 Å². The molecule has 3 aromatic carbocycles. The van der Waals surface area contributed by atoms with Gasteiger partial charge in [-0.1, -0.05) is 72.8 Å². The maximum Gasteiger partial charge on any atom is 0.266 e. The monoisotopic (exact) mass is 556 g/mol. The van der Waals surface area contributed by atoms with Crippen LogP contribution >= 0.6 is 0 Å². The summed E-state index contributed by atoms with van der Waals surface area (Å²) in [6.45, 7) is 2.05. The van der Waals surface area contributed by atoms with Gasteiger partial charge in [-0.15, -0.1) is 0 Å². The van der Waals surface area contributed by atoms with Crippen LogP contribution in [0.2, 0.25) is 0 Å². The molecule has 1 amide bonds. The summed E-state index contributed by atoms with van der Waals surface area (Å²) in [6.07, 6.45) is 5.14. The lowest BCUT2D eigenvalue weighted by atomic mass is 9.84. The number of hydrazine groups is 1. The maximum atomic E-state index is 14.0. The third-order valence-electron chi connectivity index (χ3n) is 6.78. The zero-order valence-electron chi connectivity index (χ0n) is 23.8. The molecule has 1 aliphatic rings. The Balaban J connectivity index is 1.65. The lowest BCUT2D eigenvalue weighted by Crippen LogP contribution is -2.52. The average Bonchev–Trinajstić information content (AvgIpc) is 3.39. The van der Waals surface area contributed by atoms with Gasteiger partial charge in [0, 0.05) is 31.6 Å². The molecule has 8 heteroatoms. The zero-order valence-corrected chi connectivity index (χ0v) is 23.8. The van der Waals surface area contributed by atoms with Crippen LogP contribution in [0.4, 0.5) is 0 Å². The summed E-state index contributed by atoms with van der Waals surface area (Å²) in [4.78, 5) is 21.1. The number of nitrogens with zero attached hydrogens (tertiary/aromatic N) is 2. The first kappa shape index (κ1) is 30.0. The van der Waals surface area contributed by atoms with Crippen molar-refractivity contribution >= 4 is 17.9 Å². The Morgan fingerprint density at radius 3 is 2.41 bits per heavy atom. The first-order chi connectivity index (χ1) is 20.0. The molecule has 3 N–H and O–H groups in total. The van der Waals surface area contributed by atoms with E-state index in [0.29, 0.717) is 37.6 Å². The summed E-state index contributed by atoms with van der Waals surface area (Å²) < 4.78 is 12.2. The lowest BCUT2D eigenvalue weighted by Gasteiger charge is -2.29. The van der Waals surface area contributed by atoms with Crippen LogP contribution in [0.5, 0.6) is 5.75 Å². The quantitative estimate of drug-likeness (QED) is 0.190. The second kappa shape index (κ2) is 15.1. The number of aliphatic hydroxyl groups is 1. The van der Waals surface area contributed by atoms with Crippen LogP contribution < -0.4 is 15.6 Å². The van der Waals surface area contributed by atoms with Crippen LogP contribution in [0.1, 0.15) is 42.1 Å². The second-order valence-corrected chi connectivity index (χ2v) is 10.3. The summed E-state index contributed by atoms with van der Waals surface area (Å²) >= 11 is 0. The molecule has 0 radical (unpaired) electrons. The molecule has 0 unspecified atom stereocenters. The van der Waals surface area contributed by atoms with Crippen molar-refractivity contribution in [2.75, 3.05) is 40.4 Å². The molecular weight excluding hydrogens is 516 g/mol. The number of aliphatic imine (C=N–C) groups is 1. The molecule has 216 valence electrons. The molecule has 0 aliphatic carbocycles. The van der Waals surface area contributed by atoms with E-state index in [1.807, 2.05) is 111 Å². The highest BCUT2D eigenvalue weighted by atomic mass is 16.5. The Morgan fingerprint density at radius 1 is 1.02 bits per heavy atom. The van der Waals surface area contributed by atoms with Gasteiger partial charge >= 0.3 is 0 Å². The Kier molecular flexibility index (Phi) is 11.1. The molecule has 3 aromatic rings. The lowest BCUT2D eigenvalue weighted by molar-refractivity contribution is -0.129. The molecule has 2 atom stereocenters. The van der Waals surface area contributed by atoms with Gasteiger partial charge in [0.15, 0.2) is 11.6 Å². The number of aliphatic hydroxyl groups excluding tert-OH is 1. The summed E-state index contributed by atoms with van der Waals surface area (Å²) in [5, 5.41) is 9.02. The van der Waals surface area contributed by atoms with Gasteiger partial charge in [-0.05, 0) is 62.5 Å². The molecule has 4 rings (SSSR count). The summed E-state index contributed by atoms with van der Waals surface area (Å²) in [5.41, 5.74) is 7.44. The number of hydrogen-bond donors (Lipinski definition) is 3.